The molecular formula is C42H82O3. The van der Waals surface area contributed by atoms with Gasteiger partial charge in [0.2, 0.25) is 0 Å². The zero-order chi connectivity index (χ0) is 32.9. The van der Waals surface area contributed by atoms with E-state index in [1.165, 1.54) is 167 Å². The highest BCUT2D eigenvalue weighted by Gasteiger charge is 2.19. The second kappa shape index (κ2) is 37.8. The third kappa shape index (κ3) is 33.1. The molecule has 0 heterocycles. The maximum absolute atomic E-state index is 9.48. The molecule has 1 N–H and O–H groups in total. The highest BCUT2D eigenvalue weighted by molar-refractivity contribution is 4.70. The van der Waals surface area contributed by atoms with E-state index in [1.54, 1.807) is 0 Å². The quantitative estimate of drug-likeness (QED) is 0.0540. The van der Waals surface area contributed by atoms with E-state index in [9.17, 15) is 5.11 Å². The second-order valence-electron chi connectivity index (χ2n) is 13.9. The maximum Gasteiger partial charge on any atom is 0.0812 e. The van der Waals surface area contributed by atoms with Crippen LogP contribution >= 0.6 is 0 Å². The Balaban J connectivity index is 5.07. The van der Waals surface area contributed by atoms with Crippen LogP contribution in [0.25, 0.3) is 0 Å². The molecule has 0 aliphatic carbocycles. The molecule has 0 aromatic carbocycles. The fourth-order valence-electron chi connectivity index (χ4n) is 6.47. The van der Waals surface area contributed by atoms with Crippen LogP contribution in [0.4, 0.5) is 0 Å². The number of aliphatic hydroxyl groups excluding tert-OH is 1. The van der Waals surface area contributed by atoms with Crippen LogP contribution in [-0.2, 0) is 9.47 Å². The lowest BCUT2D eigenvalue weighted by Gasteiger charge is -2.27. The van der Waals surface area contributed by atoms with E-state index >= 15 is 0 Å². The van der Waals surface area contributed by atoms with E-state index in [2.05, 4.69) is 27.0 Å². The van der Waals surface area contributed by atoms with E-state index in [0.717, 1.165) is 38.7 Å². The molecule has 0 bridgehead atoms. The molecule has 0 saturated heterocycles. The Morgan fingerprint density at radius 1 is 0.444 bits per heavy atom. The van der Waals surface area contributed by atoms with Crippen molar-refractivity contribution < 1.29 is 14.6 Å². The molecule has 0 spiro atoms. The lowest BCUT2D eigenvalue weighted by molar-refractivity contribution is -0.0870. The minimum absolute atomic E-state index is 0.149. The highest BCUT2D eigenvalue weighted by atomic mass is 16.5. The molecule has 3 unspecified atom stereocenters. The molecule has 0 aliphatic rings. The Kier molecular flexibility index (Phi) is 37.3. The minimum Gasteiger partial charge on any atom is -0.396 e. The third-order valence-corrected chi connectivity index (χ3v) is 9.46. The Morgan fingerprint density at radius 2 is 0.800 bits per heavy atom. The van der Waals surface area contributed by atoms with Crippen molar-refractivity contribution in [1.29, 1.82) is 0 Å². The number of rotatable bonds is 39. The molecule has 3 nitrogen and oxygen atoms in total. The number of ether oxygens (including phenoxy) is 2. The first-order chi connectivity index (χ1) is 22.2. The topological polar surface area (TPSA) is 38.7 Å². The van der Waals surface area contributed by atoms with Crippen LogP contribution in [0, 0.1) is 0 Å². The van der Waals surface area contributed by atoms with Gasteiger partial charge in [0.25, 0.3) is 0 Å². The third-order valence-electron chi connectivity index (χ3n) is 9.46. The summed E-state index contributed by atoms with van der Waals surface area (Å²) in [6.07, 6.45) is 44.0. The maximum atomic E-state index is 9.48. The molecule has 0 amide bonds. The van der Waals surface area contributed by atoms with Crippen LogP contribution in [0.15, 0.2) is 25.3 Å². The molecule has 3 heteroatoms. The molecular weight excluding hydrogens is 552 g/mol. The number of unbranched alkanes of at least 4 members (excludes halogenated alkanes) is 21. The first-order valence-electron chi connectivity index (χ1n) is 20.3. The molecule has 0 aromatic rings. The molecule has 0 aliphatic heterocycles. The summed E-state index contributed by atoms with van der Waals surface area (Å²) in [6, 6.07) is 0. The summed E-state index contributed by atoms with van der Waals surface area (Å²) in [5, 5.41) is 9.48. The van der Waals surface area contributed by atoms with Gasteiger partial charge in [-0.05, 0) is 70.6 Å². The number of aliphatic hydroxyl groups is 1. The zero-order valence-corrected chi connectivity index (χ0v) is 30.9. The average molecular weight is 635 g/mol. The average Bonchev–Trinajstić information content (AvgIpc) is 3.05. The van der Waals surface area contributed by atoms with E-state index in [-0.39, 0.29) is 12.7 Å². The van der Waals surface area contributed by atoms with E-state index in [1.807, 2.05) is 12.2 Å². The van der Waals surface area contributed by atoms with Gasteiger partial charge < -0.3 is 14.6 Å². The van der Waals surface area contributed by atoms with E-state index < -0.39 is 0 Å². The molecule has 268 valence electrons. The van der Waals surface area contributed by atoms with Crippen LogP contribution in [0.5, 0.6) is 0 Å². The van der Waals surface area contributed by atoms with Gasteiger partial charge >= 0.3 is 0 Å². The zero-order valence-electron chi connectivity index (χ0n) is 30.9. The van der Waals surface area contributed by atoms with Gasteiger partial charge in [0.15, 0.2) is 0 Å². The first-order valence-corrected chi connectivity index (χ1v) is 20.3. The Hall–Kier alpha value is -0.640. The summed E-state index contributed by atoms with van der Waals surface area (Å²) in [4.78, 5) is 0. The molecule has 0 fully saturated rings. The van der Waals surface area contributed by atoms with Gasteiger partial charge in [-0.1, -0.05) is 154 Å². The smallest absolute Gasteiger partial charge is 0.0812 e. The summed E-state index contributed by atoms with van der Waals surface area (Å²) >= 11 is 0. The number of allylic oxidation sites excluding steroid dienone is 2. The molecule has 3 atom stereocenters. The van der Waals surface area contributed by atoms with Gasteiger partial charge in [0.05, 0.1) is 24.9 Å². The van der Waals surface area contributed by atoms with Crippen molar-refractivity contribution in [3.05, 3.63) is 25.3 Å². The van der Waals surface area contributed by atoms with Gasteiger partial charge in [0.1, 0.15) is 0 Å². The minimum atomic E-state index is 0.149. The molecule has 0 saturated carbocycles. The predicted molar refractivity (Wildman–Crippen MR) is 200 cm³/mol. The number of hydrogen-bond donors (Lipinski definition) is 1. The van der Waals surface area contributed by atoms with Crippen LogP contribution in [-0.4, -0.2) is 36.6 Å². The molecule has 45 heavy (non-hydrogen) atoms. The summed E-state index contributed by atoms with van der Waals surface area (Å²) in [5.74, 6) is 0. The Morgan fingerprint density at radius 3 is 1.22 bits per heavy atom. The predicted octanol–water partition coefficient (Wildman–Crippen LogP) is 13.6. The first kappa shape index (κ1) is 44.4. The van der Waals surface area contributed by atoms with Crippen molar-refractivity contribution in [3.8, 4) is 0 Å². The monoisotopic (exact) mass is 635 g/mol. The lowest BCUT2D eigenvalue weighted by Crippen LogP contribution is -2.29. The van der Waals surface area contributed by atoms with Gasteiger partial charge in [-0.15, -0.1) is 13.2 Å². The van der Waals surface area contributed by atoms with Gasteiger partial charge in [-0.2, -0.15) is 0 Å². The lowest BCUT2D eigenvalue weighted by atomic mass is 10.0. The summed E-state index contributed by atoms with van der Waals surface area (Å²) in [7, 11) is 0. The van der Waals surface area contributed by atoms with Crippen molar-refractivity contribution in [3.63, 3.8) is 0 Å². The largest absolute Gasteiger partial charge is 0.396 e. The molecule has 0 aromatic heterocycles. The van der Waals surface area contributed by atoms with Crippen molar-refractivity contribution in [2.24, 2.45) is 0 Å². The van der Waals surface area contributed by atoms with Crippen molar-refractivity contribution >= 4 is 0 Å². The fourth-order valence-corrected chi connectivity index (χ4v) is 6.47. The van der Waals surface area contributed by atoms with Crippen molar-refractivity contribution in [2.75, 3.05) is 13.2 Å². The van der Waals surface area contributed by atoms with Crippen LogP contribution in [0.1, 0.15) is 213 Å². The van der Waals surface area contributed by atoms with Crippen LogP contribution < -0.4 is 0 Å². The van der Waals surface area contributed by atoms with Gasteiger partial charge in [-0.25, -0.2) is 0 Å². The van der Waals surface area contributed by atoms with E-state index in [4.69, 9.17) is 9.47 Å². The summed E-state index contributed by atoms with van der Waals surface area (Å²) < 4.78 is 13.7. The SMILES string of the molecule is C=CCCCCCCC(CCCCCCCCC)OCC(CCCCO)OC(CCCCCCC=C)CCCCCCCCC. The Labute approximate surface area is 283 Å². The van der Waals surface area contributed by atoms with Crippen molar-refractivity contribution in [2.45, 2.75) is 231 Å². The van der Waals surface area contributed by atoms with Gasteiger partial charge in [-0.3, -0.25) is 0 Å². The highest BCUT2D eigenvalue weighted by Crippen LogP contribution is 2.22. The van der Waals surface area contributed by atoms with Crippen LogP contribution in [0.2, 0.25) is 0 Å². The van der Waals surface area contributed by atoms with Crippen LogP contribution in [0.3, 0.4) is 0 Å². The molecule has 0 radical (unpaired) electrons. The second-order valence-corrected chi connectivity index (χ2v) is 13.9. The Bertz CT molecular complexity index is 576. The fraction of sp³-hybridized carbons (Fsp3) is 0.905. The number of hydrogen-bond acceptors (Lipinski definition) is 3. The standard InChI is InChI=1S/C42H82O3/c1-5-9-13-17-21-25-28-34-40(33-27-23-19-15-11-7-3)44-39-42(37-31-32-38-43)45-41(35-29-24-20-16-12-8-4)36-30-26-22-18-14-10-6-2/h7-8,40-43H,3-6,9-39H2,1-2H3. The normalized spacial score (nSPS) is 13.6. The summed E-state index contributed by atoms with van der Waals surface area (Å²) in [6.45, 7) is 13.3. The van der Waals surface area contributed by atoms with Gasteiger partial charge in [0, 0.05) is 6.61 Å². The summed E-state index contributed by atoms with van der Waals surface area (Å²) in [5.41, 5.74) is 0. The van der Waals surface area contributed by atoms with E-state index in [0.29, 0.717) is 12.2 Å². The van der Waals surface area contributed by atoms with Crippen molar-refractivity contribution in [1.82, 2.24) is 0 Å². The molecule has 0 rings (SSSR count).